The lowest BCUT2D eigenvalue weighted by Crippen LogP contribution is -2.47. The van der Waals surface area contributed by atoms with Crippen LogP contribution < -0.4 is 10.9 Å². The zero-order valence-electron chi connectivity index (χ0n) is 16.7. The summed E-state index contributed by atoms with van der Waals surface area (Å²) >= 11 is 0. The smallest absolute Gasteiger partial charge is 0.261 e. The zero-order valence-corrected chi connectivity index (χ0v) is 16.7. The number of ether oxygens (including phenoxy) is 1. The van der Waals surface area contributed by atoms with E-state index in [0.717, 1.165) is 25.2 Å². The predicted octanol–water partition coefficient (Wildman–Crippen LogP) is 2.67. The third-order valence-corrected chi connectivity index (χ3v) is 5.20. The van der Waals surface area contributed by atoms with Gasteiger partial charge < -0.3 is 15.0 Å². The van der Waals surface area contributed by atoms with Crippen LogP contribution in [0.3, 0.4) is 0 Å². The molecule has 4 rings (SSSR count). The predicted molar refractivity (Wildman–Crippen MR) is 116 cm³/mol. The molecule has 0 radical (unpaired) electrons. The topological polar surface area (TPSA) is 74.4 Å². The molecular weight excluding hydrogens is 378 g/mol. The average Bonchev–Trinajstić information content (AvgIpc) is 2.79. The lowest BCUT2D eigenvalue weighted by molar-refractivity contribution is -0.0292. The summed E-state index contributed by atoms with van der Waals surface area (Å²) in [6.45, 7) is 3.44. The van der Waals surface area contributed by atoms with Gasteiger partial charge in [-0.1, -0.05) is 60.7 Å². The number of carbonyl (C=O) groups is 1. The Balaban J connectivity index is 1.33. The Morgan fingerprint density at radius 3 is 2.50 bits per heavy atom. The van der Waals surface area contributed by atoms with E-state index in [-0.39, 0.29) is 17.6 Å². The van der Waals surface area contributed by atoms with Crippen molar-refractivity contribution >= 4 is 5.91 Å². The van der Waals surface area contributed by atoms with Crippen LogP contribution in [-0.4, -0.2) is 48.1 Å². The molecule has 1 aliphatic heterocycles. The van der Waals surface area contributed by atoms with E-state index in [9.17, 15) is 9.59 Å². The number of H-pyrrole nitrogens is 1. The van der Waals surface area contributed by atoms with Gasteiger partial charge in [0.25, 0.3) is 11.5 Å². The van der Waals surface area contributed by atoms with Crippen molar-refractivity contribution in [2.75, 3.05) is 26.2 Å². The Morgan fingerprint density at radius 2 is 1.77 bits per heavy atom. The van der Waals surface area contributed by atoms with Gasteiger partial charge in [0.2, 0.25) is 0 Å². The van der Waals surface area contributed by atoms with E-state index < -0.39 is 5.56 Å². The van der Waals surface area contributed by atoms with Crippen molar-refractivity contribution in [2.45, 2.75) is 12.6 Å². The second kappa shape index (κ2) is 9.52. The molecular formula is C24H25N3O3. The van der Waals surface area contributed by atoms with Crippen LogP contribution in [0.2, 0.25) is 0 Å². The molecule has 1 fully saturated rings. The zero-order chi connectivity index (χ0) is 20.8. The maximum atomic E-state index is 12.5. The minimum atomic E-state index is -0.399. The number of carbonyl (C=O) groups excluding carboxylic acids is 1. The molecule has 0 spiro atoms. The van der Waals surface area contributed by atoms with Crippen LogP contribution in [0.25, 0.3) is 11.3 Å². The summed E-state index contributed by atoms with van der Waals surface area (Å²) in [6.07, 6.45) is -0.103. The van der Waals surface area contributed by atoms with Crippen LogP contribution in [0.4, 0.5) is 0 Å². The van der Waals surface area contributed by atoms with Gasteiger partial charge in [0.15, 0.2) is 0 Å². The first-order chi connectivity index (χ1) is 14.7. The first-order valence-electron chi connectivity index (χ1n) is 10.1. The van der Waals surface area contributed by atoms with E-state index in [1.165, 1.54) is 5.56 Å². The van der Waals surface area contributed by atoms with Crippen LogP contribution in [0.5, 0.6) is 0 Å². The quantitative estimate of drug-likeness (QED) is 0.664. The van der Waals surface area contributed by atoms with Crippen molar-refractivity contribution in [3.8, 4) is 11.3 Å². The summed E-state index contributed by atoms with van der Waals surface area (Å²) in [5, 5.41) is 2.84. The van der Waals surface area contributed by atoms with Gasteiger partial charge in [-0.2, -0.15) is 0 Å². The van der Waals surface area contributed by atoms with Crippen LogP contribution in [0, 0.1) is 0 Å². The second-order valence-corrected chi connectivity index (χ2v) is 7.40. The Labute approximate surface area is 175 Å². The number of pyridine rings is 1. The van der Waals surface area contributed by atoms with Gasteiger partial charge in [-0.15, -0.1) is 0 Å². The molecule has 0 bridgehead atoms. The van der Waals surface area contributed by atoms with Crippen LogP contribution in [-0.2, 0) is 11.3 Å². The monoisotopic (exact) mass is 403 g/mol. The van der Waals surface area contributed by atoms with E-state index >= 15 is 0 Å². The van der Waals surface area contributed by atoms with Crippen LogP contribution >= 0.6 is 0 Å². The summed E-state index contributed by atoms with van der Waals surface area (Å²) in [5.41, 5.74) is 2.54. The highest BCUT2D eigenvalue weighted by molar-refractivity contribution is 5.94. The Hall–Kier alpha value is -3.22. The third-order valence-electron chi connectivity index (χ3n) is 5.20. The molecule has 154 valence electrons. The third kappa shape index (κ3) is 5.03. The van der Waals surface area contributed by atoms with Crippen molar-refractivity contribution in [3.05, 3.63) is 94.3 Å². The number of aromatic nitrogens is 1. The average molecular weight is 403 g/mol. The van der Waals surface area contributed by atoms with Crippen LogP contribution in [0.1, 0.15) is 15.9 Å². The number of rotatable bonds is 6. The Kier molecular flexibility index (Phi) is 6.37. The minimum Gasteiger partial charge on any atom is -0.374 e. The van der Waals surface area contributed by atoms with E-state index in [4.69, 9.17) is 4.74 Å². The van der Waals surface area contributed by atoms with Gasteiger partial charge in [-0.3, -0.25) is 14.5 Å². The first-order valence-corrected chi connectivity index (χ1v) is 10.1. The molecule has 30 heavy (non-hydrogen) atoms. The minimum absolute atomic E-state index is 0.103. The number of morpholine rings is 1. The fourth-order valence-corrected chi connectivity index (χ4v) is 3.63. The van der Waals surface area contributed by atoms with E-state index in [1.807, 2.05) is 48.5 Å². The molecule has 0 saturated carbocycles. The van der Waals surface area contributed by atoms with Gasteiger partial charge in [-0.25, -0.2) is 0 Å². The van der Waals surface area contributed by atoms with E-state index in [1.54, 1.807) is 12.1 Å². The molecule has 1 aliphatic rings. The Bertz CT molecular complexity index is 1030. The van der Waals surface area contributed by atoms with Gasteiger partial charge in [0.05, 0.1) is 12.7 Å². The molecule has 1 unspecified atom stereocenters. The number of nitrogens with one attached hydrogen (secondary N) is 2. The van der Waals surface area contributed by atoms with Gasteiger partial charge in [-0.05, 0) is 23.3 Å². The first kappa shape index (κ1) is 20.1. The molecule has 1 aromatic heterocycles. The molecule has 2 heterocycles. The highest BCUT2D eigenvalue weighted by Crippen LogP contribution is 2.15. The van der Waals surface area contributed by atoms with Gasteiger partial charge in [0, 0.05) is 31.9 Å². The second-order valence-electron chi connectivity index (χ2n) is 7.40. The summed E-state index contributed by atoms with van der Waals surface area (Å²) in [4.78, 5) is 30.0. The number of benzene rings is 2. The fraction of sp³-hybridized carbons (Fsp3) is 0.250. The van der Waals surface area contributed by atoms with Gasteiger partial charge >= 0.3 is 0 Å². The largest absolute Gasteiger partial charge is 0.374 e. The fourth-order valence-electron chi connectivity index (χ4n) is 3.63. The number of aromatic amines is 1. The summed E-state index contributed by atoms with van der Waals surface area (Å²) in [7, 11) is 0. The number of hydrogen-bond acceptors (Lipinski definition) is 4. The molecule has 1 atom stereocenters. The Morgan fingerprint density at radius 1 is 1.03 bits per heavy atom. The van der Waals surface area contributed by atoms with Crippen molar-refractivity contribution in [3.63, 3.8) is 0 Å². The standard InChI is InChI=1S/C24H25N3O3/c28-23(21-11-12-22(26-24(21)29)19-9-5-2-6-10-19)25-15-20-17-27(13-14-30-20)16-18-7-3-1-4-8-18/h1-12,20H,13-17H2,(H,25,28)(H,26,29). The molecule has 0 aliphatic carbocycles. The van der Waals surface area contributed by atoms with E-state index in [0.29, 0.717) is 18.8 Å². The molecule has 6 nitrogen and oxygen atoms in total. The van der Waals surface area contributed by atoms with Crippen LogP contribution in [0.15, 0.2) is 77.6 Å². The molecule has 2 aromatic carbocycles. The number of hydrogen-bond donors (Lipinski definition) is 2. The molecule has 2 N–H and O–H groups in total. The number of nitrogens with zero attached hydrogens (tertiary/aromatic N) is 1. The van der Waals surface area contributed by atoms with E-state index in [2.05, 4.69) is 27.3 Å². The summed E-state index contributed by atoms with van der Waals surface area (Å²) < 4.78 is 5.80. The maximum absolute atomic E-state index is 12.5. The molecule has 1 amide bonds. The highest BCUT2D eigenvalue weighted by Gasteiger charge is 2.22. The normalized spacial score (nSPS) is 16.9. The highest BCUT2D eigenvalue weighted by atomic mass is 16.5. The lowest BCUT2D eigenvalue weighted by Gasteiger charge is -2.33. The van der Waals surface area contributed by atoms with Crippen molar-refractivity contribution in [1.82, 2.24) is 15.2 Å². The molecule has 3 aromatic rings. The lowest BCUT2D eigenvalue weighted by atomic mass is 10.1. The summed E-state index contributed by atoms with van der Waals surface area (Å²) in [5.74, 6) is -0.389. The van der Waals surface area contributed by atoms with Gasteiger partial charge in [0.1, 0.15) is 5.56 Å². The SMILES string of the molecule is O=C(NCC1CN(Cc2ccccc2)CCO1)c1ccc(-c2ccccc2)[nH]c1=O. The van der Waals surface area contributed by atoms with Crippen molar-refractivity contribution < 1.29 is 9.53 Å². The van der Waals surface area contributed by atoms with Crippen molar-refractivity contribution in [1.29, 1.82) is 0 Å². The maximum Gasteiger partial charge on any atom is 0.261 e. The molecule has 6 heteroatoms. The number of amides is 1. The molecule has 1 saturated heterocycles. The van der Waals surface area contributed by atoms with Crippen molar-refractivity contribution in [2.24, 2.45) is 0 Å². The summed E-state index contributed by atoms with van der Waals surface area (Å²) in [6, 6.07) is 23.2.